The quantitative estimate of drug-likeness (QED) is 0.167. The molecule has 0 heterocycles. The Kier molecular flexibility index (Phi) is 9.12. The summed E-state index contributed by atoms with van der Waals surface area (Å²) >= 11 is 0. The summed E-state index contributed by atoms with van der Waals surface area (Å²) in [4.78, 5) is 0. The molecule has 0 bridgehead atoms. The van der Waals surface area contributed by atoms with Crippen molar-refractivity contribution in [3.63, 3.8) is 0 Å². The van der Waals surface area contributed by atoms with E-state index in [-0.39, 0.29) is 0 Å². The van der Waals surface area contributed by atoms with E-state index in [2.05, 4.69) is 0 Å². The zero-order chi connectivity index (χ0) is 21.4. The first-order chi connectivity index (χ1) is 13.4. The fourth-order valence-corrected chi connectivity index (χ4v) is 9.62. The predicted molar refractivity (Wildman–Crippen MR) is 115 cm³/mol. The van der Waals surface area contributed by atoms with Gasteiger partial charge < -0.3 is 0 Å². The third kappa shape index (κ3) is 12.7. The van der Waals surface area contributed by atoms with Crippen molar-refractivity contribution in [3.8, 4) is 0 Å². The van der Waals surface area contributed by atoms with E-state index in [1.54, 1.807) is 77.0 Å². The molecule has 0 saturated heterocycles. The zero-order valence-electron chi connectivity index (χ0n) is 17.6. The van der Waals surface area contributed by atoms with Crippen molar-refractivity contribution in [1.82, 2.24) is 0 Å². The van der Waals surface area contributed by atoms with Gasteiger partial charge in [0, 0.05) is 0 Å². The molecule has 0 amide bonds. The van der Waals surface area contributed by atoms with E-state index in [0.717, 1.165) is 26.6 Å². The molecule has 0 atom stereocenters. The second-order valence-corrected chi connectivity index (χ2v) is 13.9. The van der Waals surface area contributed by atoms with Gasteiger partial charge in [0.1, 0.15) is 15.7 Å². The summed E-state index contributed by atoms with van der Waals surface area (Å²) in [5, 5.41) is 3.40. The van der Waals surface area contributed by atoms with Gasteiger partial charge in [0.2, 0.25) is 0 Å². The summed E-state index contributed by atoms with van der Waals surface area (Å²) in [5.74, 6) is 0. The van der Waals surface area contributed by atoms with Crippen LogP contribution in [0.1, 0.15) is 116 Å². The van der Waals surface area contributed by atoms with Crippen LogP contribution in [-0.4, -0.2) is 15.7 Å². The fraction of sp³-hybridized carbons (Fsp3) is 1.00. The molecular weight excluding hydrogens is 429 g/mol. The molecule has 3 fully saturated rings. The minimum absolute atomic E-state index is 0.783. The molecular formula is C21H39F6PS. The Balaban J connectivity index is 0.000000370. The molecule has 3 aliphatic carbocycles. The topological polar surface area (TPSA) is 0 Å². The summed E-state index contributed by atoms with van der Waals surface area (Å²) < 4.78 is 59.2. The van der Waals surface area contributed by atoms with Gasteiger partial charge in [-0.15, -0.1) is 0 Å². The predicted octanol–water partition coefficient (Wildman–Crippen LogP) is 10.2. The van der Waals surface area contributed by atoms with E-state index < -0.39 is 7.81 Å². The first-order valence-corrected chi connectivity index (χ1v) is 15.1. The van der Waals surface area contributed by atoms with Gasteiger partial charge in [-0.1, -0.05) is 38.5 Å². The molecule has 0 aliphatic heterocycles. The van der Waals surface area contributed by atoms with Gasteiger partial charge in [0.25, 0.3) is 0 Å². The molecule has 0 N–H and O–H groups in total. The summed E-state index contributed by atoms with van der Waals surface area (Å²) in [7, 11) is -9.87. The van der Waals surface area contributed by atoms with Gasteiger partial charge in [-0.05, 0) is 87.9 Å². The van der Waals surface area contributed by atoms with Crippen molar-refractivity contribution < 1.29 is 25.2 Å². The molecule has 176 valence electrons. The SMILES string of the molecule is C1CCCC([S+](C2CCCCCC2)C2CCCCCC2)CC1.F[P-](F)(F)(F)(F)F. The van der Waals surface area contributed by atoms with Crippen molar-refractivity contribution >= 4 is 18.7 Å². The molecule has 0 radical (unpaired) electrons. The van der Waals surface area contributed by atoms with E-state index in [4.69, 9.17) is 0 Å². The summed E-state index contributed by atoms with van der Waals surface area (Å²) in [6.45, 7) is 0. The molecule has 0 aromatic rings. The van der Waals surface area contributed by atoms with Crippen LogP contribution in [-0.2, 0) is 10.9 Å². The monoisotopic (exact) mass is 468 g/mol. The first kappa shape index (κ1) is 25.6. The molecule has 29 heavy (non-hydrogen) atoms. The average molecular weight is 469 g/mol. The number of halogens is 6. The molecule has 0 unspecified atom stereocenters. The fourth-order valence-electron chi connectivity index (χ4n) is 5.36. The Hall–Kier alpha value is 0.360. The Bertz CT molecular complexity index is 397. The standard InChI is InChI=1S/C21H39S.F6P/c1-2-8-14-19(13-7-1)22(20-15-9-3-4-10-16-20)21-17-11-5-6-12-18-21;1-7(2,3,4,5)6/h19-21H,1-18H2;/q+1;-1. The van der Waals surface area contributed by atoms with Crippen LogP contribution in [0.5, 0.6) is 0 Å². The number of hydrogen-bond acceptors (Lipinski definition) is 0. The van der Waals surface area contributed by atoms with Crippen LogP contribution in [0.2, 0.25) is 0 Å². The van der Waals surface area contributed by atoms with Crippen molar-refractivity contribution in [3.05, 3.63) is 0 Å². The van der Waals surface area contributed by atoms with Crippen LogP contribution in [0.4, 0.5) is 25.2 Å². The second kappa shape index (κ2) is 10.3. The third-order valence-electron chi connectivity index (χ3n) is 6.56. The summed E-state index contributed by atoms with van der Waals surface area (Å²) in [6.07, 6.45) is 28.0. The maximum absolute atomic E-state index is 10.7. The van der Waals surface area contributed by atoms with E-state index in [1.807, 2.05) is 0 Å². The molecule has 0 spiro atoms. The first-order valence-electron chi connectivity index (χ1n) is 11.7. The minimum atomic E-state index is -10.7. The normalized spacial score (nSPS) is 27.0. The van der Waals surface area contributed by atoms with E-state index >= 15 is 0 Å². The van der Waals surface area contributed by atoms with E-state index in [9.17, 15) is 25.2 Å². The molecule has 3 rings (SSSR count). The molecule has 3 saturated carbocycles. The van der Waals surface area contributed by atoms with Gasteiger partial charge in [0.15, 0.2) is 0 Å². The molecule has 8 heteroatoms. The molecule has 3 aliphatic rings. The Labute approximate surface area is 175 Å². The van der Waals surface area contributed by atoms with Crippen LogP contribution in [0.25, 0.3) is 0 Å². The average Bonchev–Trinajstić information content (AvgIpc) is 3.09. The summed E-state index contributed by atoms with van der Waals surface area (Å²) in [6, 6.07) is 0. The van der Waals surface area contributed by atoms with Crippen LogP contribution in [0.3, 0.4) is 0 Å². The van der Waals surface area contributed by atoms with Crippen LogP contribution >= 0.6 is 7.81 Å². The Morgan fingerprint density at radius 3 is 0.724 bits per heavy atom. The Morgan fingerprint density at radius 1 is 0.379 bits per heavy atom. The van der Waals surface area contributed by atoms with Crippen molar-refractivity contribution in [1.29, 1.82) is 0 Å². The molecule has 0 aromatic heterocycles. The number of rotatable bonds is 3. The maximum atomic E-state index is 9.87. The van der Waals surface area contributed by atoms with Gasteiger partial charge in [-0.3, -0.25) is 0 Å². The van der Waals surface area contributed by atoms with Crippen LogP contribution < -0.4 is 0 Å². The van der Waals surface area contributed by atoms with Crippen LogP contribution in [0.15, 0.2) is 0 Å². The van der Waals surface area contributed by atoms with Gasteiger partial charge >= 0.3 is 33.0 Å². The van der Waals surface area contributed by atoms with Crippen molar-refractivity contribution in [2.45, 2.75) is 131 Å². The third-order valence-corrected chi connectivity index (χ3v) is 10.3. The van der Waals surface area contributed by atoms with Crippen molar-refractivity contribution in [2.24, 2.45) is 0 Å². The van der Waals surface area contributed by atoms with Gasteiger partial charge in [0.05, 0.1) is 0 Å². The Morgan fingerprint density at radius 2 is 0.552 bits per heavy atom. The van der Waals surface area contributed by atoms with E-state index in [0.29, 0.717) is 0 Å². The van der Waals surface area contributed by atoms with E-state index in [1.165, 1.54) is 38.5 Å². The van der Waals surface area contributed by atoms with Gasteiger partial charge in [-0.25, -0.2) is 0 Å². The van der Waals surface area contributed by atoms with Crippen LogP contribution in [0, 0.1) is 0 Å². The van der Waals surface area contributed by atoms with Crippen molar-refractivity contribution in [2.75, 3.05) is 0 Å². The zero-order valence-corrected chi connectivity index (χ0v) is 19.3. The van der Waals surface area contributed by atoms with Gasteiger partial charge in [-0.2, -0.15) is 0 Å². The molecule has 0 nitrogen and oxygen atoms in total. The molecule has 0 aromatic carbocycles. The second-order valence-electron chi connectivity index (χ2n) is 9.21. The number of hydrogen-bond donors (Lipinski definition) is 0. The summed E-state index contributed by atoms with van der Waals surface area (Å²) in [5.41, 5.74) is 0.